The first kappa shape index (κ1) is 20.9. The number of amides is 1. The van der Waals surface area contributed by atoms with Gasteiger partial charge in [-0.2, -0.15) is 0 Å². The van der Waals surface area contributed by atoms with Crippen LogP contribution in [0.3, 0.4) is 0 Å². The van der Waals surface area contributed by atoms with Crippen molar-refractivity contribution in [1.29, 1.82) is 0 Å². The van der Waals surface area contributed by atoms with Crippen LogP contribution in [-0.2, 0) is 14.8 Å². The second kappa shape index (κ2) is 8.43. The van der Waals surface area contributed by atoms with E-state index < -0.39 is 16.1 Å². The van der Waals surface area contributed by atoms with Gasteiger partial charge in [0.05, 0.1) is 14.9 Å². The molecule has 1 atom stereocenters. The summed E-state index contributed by atoms with van der Waals surface area (Å²) in [5, 5.41) is 2.62. The minimum Gasteiger partial charge on any atom is -0.477 e. The summed E-state index contributed by atoms with van der Waals surface area (Å²) in [6, 6.07) is 11.0. The van der Waals surface area contributed by atoms with Gasteiger partial charge in [0.2, 0.25) is 0 Å². The molecule has 0 radical (unpaired) electrons. The minimum atomic E-state index is -3.76. The fourth-order valence-electron chi connectivity index (χ4n) is 3.01. The largest absolute Gasteiger partial charge is 0.477 e. The topological polar surface area (TPSA) is 88.6 Å². The van der Waals surface area contributed by atoms with E-state index in [1.807, 2.05) is 0 Å². The van der Waals surface area contributed by atoms with E-state index in [0.717, 1.165) is 0 Å². The summed E-state index contributed by atoms with van der Waals surface area (Å²) < 4.78 is 33.1. The Morgan fingerprint density at radius 1 is 1.17 bits per heavy atom. The zero-order valence-corrected chi connectivity index (χ0v) is 18.4. The molecule has 158 valence electrons. The summed E-state index contributed by atoms with van der Waals surface area (Å²) in [6.45, 7) is 0.426. The fourth-order valence-corrected chi connectivity index (χ4v) is 5.29. The molecule has 0 saturated carbocycles. The second-order valence-corrected chi connectivity index (χ2v) is 9.76. The van der Waals surface area contributed by atoms with Crippen molar-refractivity contribution < 1.29 is 19.4 Å². The molecule has 0 aliphatic carbocycles. The lowest BCUT2D eigenvalue weighted by Gasteiger charge is -2.18. The zero-order valence-electron chi connectivity index (χ0n) is 15.3. The van der Waals surface area contributed by atoms with Gasteiger partial charge in [-0.05, 0) is 36.4 Å². The van der Waals surface area contributed by atoms with Crippen molar-refractivity contribution in [3.63, 3.8) is 0 Å². The number of carbonyl (C=O) groups excluding carboxylic acids is 1. The molecule has 11 heteroatoms. The van der Waals surface area contributed by atoms with Crippen LogP contribution in [0.2, 0.25) is 10.0 Å². The highest BCUT2D eigenvalue weighted by Gasteiger charge is 2.35. The van der Waals surface area contributed by atoms with Crippen molar-refractivity contribution in [2.24, 2.45) is 0 Å². The third kappa shape index (κ3) is 4.24. The van der Waals surface area contributed by atoms with Crippen molar-refractivity contribution in [2.45, 2.75) is 17.4 Å². The molecule has 30 heavy (non-hydrogen) atoms. The molecule has 1 amide bonds. The average molecular weight is 486 g/mol. The molecule has 1 N–H and O–H groups in total. The number of carbonyl (C=O) groups is 1. The molecule has 1 aliphatic heterocycles. The Bertz CT molecular complexity index is 1160. The summed E-state index contributed by atoms with van der Waals surface area (Å²) >= 11 is 13.4. The Balaban J connectivity index is 0.00000272. The van der Waals surface area contributed by atoms with Gasteiger partial charge in [0, 0.05) is 31.7 Å². The van der Waals surface area contributed by atoms with Crippen molar-refractivity contribution in [3.05, 3.63) is 64.1 Å². The van der Waals surface area contributed by atoms with Gasteiger partial charge >= 0.3 is 0 Å². The third-order valence-corrected chi connectivity index (χ3v) is 7.22. The van der Waals surface area contributed by atoms with Gasteiger partial charge in [0.1, 0.15) is 0 Å². The van der Waals surface area contributed by atoms with Crippen LogP contribution in [0.4, 0.5) is 10.8 Å². The Hall–Kier alpha value is -2.33. The van der Waals surface area contributed by atoms with Gasteiger partial charge in [-0.1, -0.05) is 29.3 Å². The van der Waals surface area contributed by atoms with E-state index in [1.54, 1.807) is 40.6 Å². The highest BCUT2D eigenvalue weighted by Crippen LogP contribution is 2.35. The number of rotatable bonds is 6. The number of hydrogen-bond acceptors (Lipinski definition) is 6. The van der Waals surface area contributed by atoms with Crippen LogP contribution in [-0.4, -0.2) is 32.0 Å². The molecule has 7 nitrogen and oxygen atoms in total. The third-order valence-electron chi connectivity index (χ3n) is 4.45. The first-order chi connectivity index (χ1) is 14.3. The van der Waals surface area contributed by atoms with E-state index in [2.05, 4.69) is 9.71 Å². The van der Waals surface area contributed by atoms with Crippen molar-refractivity contribution in [1.82, 2.24) is 4.98 Å². The number of sulfonamides is 1. The van der Waals surface area contributed by atoms with Crippen LogP contribution in [0.15, 0.2) is 58.9 Å². The fraction of sp³-hybridized carbons (Fsp3) is 0.158. The van der Waals surface area contributed by atoms with Crippen LogP contribution >= 0.6 is 34.5 Å². The monoisotopic (exact) mass is 485 g/mol. The molecule has 0 spiro atoms. The molecule has 2 aromatic carbocycles. The number of ether oxygens (including phenoxy) is 1. The molecule has 1 fully saturated rings. The normalized spacial score (nSPS) is 16.7. The van der Waals surface area contributed by atoms with Crippen LogP contribution < -0.4 is 14.4 Å². The number of nitrogens with zero attached hydrogens (tertiary/aromatic N) is 2. The first-order valence-corrected chi connectivity index (χ1v) is 11.9. The molecular formula is C19H17Cl2N3O4S2. The van der Waals surface area contributed by atoms with E-state index >= 15 is 0 Å². The van der Waals surface area contributed by atoms with E-state index in [-0.39, 0.29) is 23.1 Å². The van der Waals surface area contributed by atoms with E-state index in [9.17, 15) is 13.2 Å². The summed E-state index contributed by atoms with van der Waals surface area (Å²) in [6.07, 6.45) is 1.24. The molecule has 3 aromatic rings. The SMILES string of the molecule is O=C1C(Oc2c(Cl)cccc2Cl)CCN1c1ccc(S(=O)(=O)Nc2nccs2)cc1.[HH]. The number of anilines is 2. The molecule has 4 rings (SSSR count). The molecule has 1 unspecified atom stereocenters. The number of para-hydroxylation sites is 1. The van der Waals surface area contributed by atoms with Crippen molar-refractivity contribution >= 4 is 61.3 Å². The van der Waals surface area contributed by atoms with Crippen LogP contribution in [0.1, 0.15) is 7.85 Å². The molecule has 1 aromatic heterocycles. The van der Waals surface area contributed by atoms with E-state index in [4.69, 9.17) is 27.9 Å². The lowest BCUT2D eigenvalue weighted by Crippen LogP contribution is -2.32. The zero-order chi connectivity index (χ0) is 21.3. The number of aromatic nitrogens is 1. The van der Waals surface area contributed by atoms with Crippen molar-refractivity contribution in [3.8, 4) is 5.75 Å². The lowest BCUT2D eigenvalue weighted by molar-refractivity contribution is -0.122. The van der Waals surface area contributed by atoms with Crippen LogP contribution in [0.25, 0.3) is 0 Å². The number of thiazole rings is 1. The van der Waals surface area contributed by atoms with Gasteiger partial charge < -0.3 is 9.64 Å². The van der Waals surface area contributed by atoms with Gasteiger partial charge in [0.25, 0.3) is 15.9 Å². The summed E-state index contributed by atoms with van der Waals surface area (Å²) in [5.74, 6) is 0.0261. The quantitative estimate of drug-likeness (QED) is 0.547. The number of benzene rings is 2. The maximum absolute atomic E-state index is 12.8. The van der Waals surface area contributed by atoms with Crippen molar-refractivity contribution in [2.75, 3.05) is 16.2 Å². The van der Waals surface area contributed by atoms with E-state index in [1.165, 1.54) is 29.7 Å². The first-order valence-electron chi connectivity index (χ1n) is 8.79. The molecule has 0 bridgehead atoms. The molecule has 2 heterocycles. The summed E-state index contributed by atoms with van der Waals surface area (Å²) in [5.41, 5.74) is 0.574. The second-order valence-electron chi connectivity index (χ2n) is 6.37. The minimum absolute atomic E-state index is 0. The number of nitrogens with one attached hydrogen (secondary N) is 1. The summed E-state index contributed by atoms with van der Waals surface area (Å²) in [4.78, 5) is 18.3. The average Bonchev–Trinajstić information content (AvgIpc) is 3.34. The molecular weight excluding hydrogens is 469 g/mol. The summed E-state index contributed by atoms with van der Waals surface area (Å²) in [7, 11) is -3.76. The van der Waals surface area contributed by atoms with Gasteiger partial charge in [-0.25, -0.2) is 13.4 Å². The van der Waals surface area contributed by atoms with Gasteiger partial charge in [-0.3, -0.25) is 9.52 Å². The number of hydrogen-bond donors (Lipinski definition) is 1. The highest BCUT2D eigenvalue weighted by molar-refractivity contribution is 7.93. The molecule has 1 aliphatic rings. The smallest absolute Gasteiger partial charge is 0.268 e. The van der Waals surface area contributed by atoms with Crippen LogP contribution in [0.5, 0.6) is 5.75 Å². The Morgan fingerprint density at radius 2 is 1.87 bits per heavy atom. The lowest BCUT2D eigenvalue weighted by atomic mass is 10.3. The predicted molar refractivity (Wildman–Crippen MR) is 119 cm³/mol. The Morgan fingerprint density at radius 3 is 2.50 bits per heavy atom. The van der Waals surface area contributed by atoms with Crippen LogP contribution in [0, 0.1) is 0 Å². The highest BCUT2D eigenvalue weighted by atomic mass is 35.5. The van der Waals surface area contributed by atoms with Gasteiger partial charge in [0.15, 0.2) is 17.0 Å². The standard InChI is InChI=1S/C19H15Cl2N3O4S2.H2/c20-14-2-1-3-15(21)17(14)28-16-8-10-24(18(16)25)12-4-6-13(7-5-12)30(26,27)23-19-22-9-11-29-19;/h1-7,9,11,16H,8,10H2,(H,22,23);1H. The number of halogens is 2. The Labute approximate surface area is 188 Å². The maximum Gasteiger partial charge on any atom is 0.268 e. The van der Waals surface area contributed by atoms with E-state index in [0.29, 0.717) is 28.7 Å². The van der Waals surface area contributed by atoms with Gasteiger partial charge in [-0.15, -0.1) is 11.3 Å². The predicted octanol–water partition coefficient (Wildman–Crippen LogP) is 4.68. The molecule has 1 saturated heterocycles. The maximum atomic E-state index is 12.8. The Kier molecular flexibility index (Phi) is 5.88.